The predicted octanol–water partition coefficient (Wildman–Crippen LogP) is 3.07. The third-order valence-corrected chi connectivity index (χ3v) is 4.03. The molecule has 0 amide bonds. The molecule has 0 heterocycles. The fourth-order valence-corrected chi connectivity index (χ4v) is 3.25. The maximum Gasteiger partial charge on any atom is 0.302 e. The first kappa shape index (κ1) is 10.7. The van der Waals surface area contributed by atoms with E-state index in [-0.39, 0.29) is 22.9 Å². The zero-order valence-electron chi connectivity index (χ0n) is 9.88. The Morgan fingerprint density at radius 3 is 2.40 bits per heavy atom. The lowest BCUT2D eigenvalue weighted by Gasteiger charge is -2.36. The van der Waals surface area contributed by atoms with Crippen LogP contribution in [0.4, 0.5) is 0 Å². The molecule has 2 aliphatic rings. The van der Waals surface area contributed by atoms with Crippen molar-refractivity contribution >= 4 is 5.97 Å². The molecular weight excluding hydrogens is 188 g/mol. The van der Waals surface area contributed by atoms with Crippen LogP contribution >= 0.6 is 0 Å². The van der Waals surface area contributed by atoms with Crippen LogP contribution in [0.1, 0.15) is 46.5 Å². The number of rotatable bonds is 1. The summed E-state index contributed by atoms with van der Waals surface area (Å²) in [5, 5.41) is 0. The standard InChI is InChI=1S/C13H20O2/c1-10(14)15-11-12(2,3)8-9-13(11)6-4-5-7-13/h4-5,11H,6-9H2,1-3H3. The molecule has 2 rings (SSSR count). The molecule has 0 aromatic carbocycles. The summed E-state index contributed by atoms with van der Waals surface area (Å²) in [6.45, 7) is 5.95. The number of allylic oxidation sites excluding steroid dienone is 2. The average molecular weight is 208 g/mol. The van der Waals surface area contributed by atoms with Crippen molar-refractivity contribution in [1.29, 1.82) is 0 Å². The Kier molecular flexibility index (Phi) is 2.40. The van der Waals surface area contributed by atoms with Crippen molar-refractivity contribution in [3.05, 3.63) is 12.2 Å². The molecule has 1 atom stereocenters. The summed E-state index contributed by atoms with van der Waals surface area (Å²) in [4.78, 5) is 11.2. The Balaban J connectivity index is 2.22. The molecule has 2 nitrogen and oxygen atoms in total. The molecule has 0 aromatic rings. The lowest BCUT2D eigenvalue weighted by atomic mass is 9.76. The van der Waals surface area contributed by atoms with E-state index in [0.717, 1.165) is 19.3 Å². The first-order valence-electron chi connectivity index (χ1n) is 5.79. The van der Waals surface area contributed by atoms with Gasteiger partial charge in [-0.15, -0.1) is 0 Å². The van der Waals surface area contributed by atoms with Gasteiger partial charge in [0.1, 0.15) is 6.10 Å². The molecule has 0 radical (unpaired) electrons. The summed E-state index contributed by atoms with van der Waals surface area (Å²) in [5.74, 6) is -0.138. The van der Waals surface area contributed by atoms with Crippen LogP contribution in [0.3, 0.4) is 0 Å². The van der Waals surface area contributed by atoms with Gasteiger partial charge in [-0.05, 0) is 25.7 Å². The van der Waals surface area contributed by atoms with Crippen LogP contribution in [0, 0.1) is 10.8 Å². The fraction of sp³-hybridized carbons (Fsp3) is 0.769. The van der Waals surface area contributed by atoms with Gasteiger partial charge in [-0.2, -0.15) is 0 Å². The van der Waals surface area contributed by atoms with Crippen molar-refractivity contribution in [2.75, 3.05) is 0 Å². The van der Waals surface area contributed by atoms with Crippen LogP contribution in [-0.4, -0.2) is 12.1 Å². The zero-order chi connectivity index (χ0) is 11.1. The predicted molar refractivity (Wildman–Crippen MR) is 59.4 cm³/mol. The number of hydrogen-bond acceptors (Lipinski definition) is 2. The van der Waals surface area contributed by atoms with Crippen LogP contribution < -0.4 is 0 Å². The molecule has 0 aliphatic heterocycles. The molecule has 0 aromatic heterocycles. The number of esters is 1. The minimum absolute atomic E-state index is 0.0949. The van der Waals surface area contributed by atoms with E-state index in [1.165, 1.54) is 13.3 Å². The summed E-state index contributed by atoms with van der Waals surface area (Å²) >= 11 is 0. The van der Waals surface area contributed by atoms with E-state index in [0.29, 0.717) is 0 Å². The van der Waals surface area contributed by atoms with E-state index in [1.807, 2.05) is 0 Å². The number of carbonyl (C=O) groups is 1. The highest BCUT2D eigenvalue weighted by atomic mass is 16.5. The molecule has 2 aliphatic carbocycles. The highest BCUT2D eigenvalue weighted by Gasteiger charge is 2.54. The minimum atomic E-state index is -0.138. The van der Waals surface area contributed by atoms with E-state index in [9.17, 15) is 4.79 Å². The van der Waals surface area contributed by atoms with Gasteiger partial charge in [-0.3, -0.25) is 4.79 Å². The number of hydrogen-bond donors (Lipinski definition) is 0. The van der Waals surface area contributed by atoms with E-state index in [1.54, 1.807) is 0 Å². The maximum atomic E-state index is 11.2. The topological polar surface area (TPSA) is 26.3 Å². The fourth-order valence-electron chi connectivity index (χ4n) is 3.25. The molecule has 84 valence electrons. The molecule has 1 saturated carbocycles. The lowest BCUT2D eigenvalue weighted by molar-refractivity contribution is -0.158. The number of carbonyl (C=O) groups excluding carboxylic acids is 1. The van der Waals surface area contributed by atoms with Crippen molar-refractivity contribution in [2.45, 2.75) is 52.6 Å². The Morgan fingerprint density at radius 1 is 1.27 bits per heavy atom. The van der Waals surface area contributed by atoms with E-state index >= 15 is 0 Å². The molecule has 15 heavy (non-hydrogen) atoms. The molecule has 1 spiro atoms. The Labute approximate surface area is 91.7 Å². The summed E-state index contributed by atoms with van der Waals surface area (Å²) in [6.07, 6.45) is 9.06. The van der Waals surface area contributed by atoms with Gasteiger partial charge < -0.3 is 4.74 Å². The van der Waals surface area contributed by atoms with Gasteiger partial charge in [0.15, 0.2) is 0 Å². The van der Waals surface area contributed by atoms with Gasteiger partial charge in [0.2, 0.25) is 0 Å². The van der Waals surface area contributed by atoms with E-state index in [2.05, 4.69) is 26.0 Å². The average Bonchev–Trinajstić information content (AvgIpc) is 2.68. The normalized spacial score (nSPS) is 31.0. The first-order chi connectivity index (χ1) is 6.96. The van der Waals surface area contributed by atoms with Gasteiger partial charge in [0, 0.05) is 17.8 Å². The Bertz CT molecular complexity index is 294. The van der Waals surface area contributed by atoms with Crippen LogP contribution in [0.2, 0.25) is 0 Å². The third kappa shape index (κ3) is 1.70. The summed E-state index contributed by atoms with van der Waals surface area (Å²) < 4.78 is 5.59. The van der Waals surface area contributed by atoms with Gasteiger partial charge in [0.05, 0.1) is 0 Å². The van der Waals surface area contributed by atoms with Gasteiger partial charge in [0.25, 0.3) is 0 Å². The van der Waals surface area contributed by atoms with Crippen molar-refractivity contribution < 1.29 is 9.53 Å². The van der Waals surface area contributed by atoms with Crippen LogP contribution in [0.5, 0.6) is 0 Å². The van der Waals surface area contributed by atoms with Crippen LogP contribution in [0.15, 0.2) is 12.2 Å². The second-order valence-corrected chi connectivity index (χ2v) is 5.72. The van der Waals surface area contributed by atoms with Crippen molar-refractivity contribution in [3.8, 4) is 0 Å². The summed E-state index contributed by atoms with van der Waals surface area (Å²) in [6, 6.07) is 0. The van der Waals surface area contributed by atoms with Crippen molar-refractivity contribution in [2.24, 2.45) is 10.8 Å². The highest BCUT2D eigenvalue weighted by Crippen LogP contribution is 2.56. The van der Waals surface area contributed by atoms with Gasteiger partial charge in [-0.25, -0.2) is 0 Å². The molecule has 2 heteroatoms. The second kappa shape index (κ2) is 3.36. The quantitative estimate of drug-likeness (QED) is 0.489. The number of ether oxygens (including phenoxy) is 1. The molecule has 0 N–H and O–H groups in total. The Morgan fingerprint density at radius 2 is 1.87 bits per heavy atom. The zero-order valence-corrected chi connectivity index (χ0v) is 9.88. The van der Waals surface area contributed by atoms with Crippen molar-refractivity contribution in [1.82, 2.24) is 0 Å². The monoisotopic (exact) mass is 208 g/mol. The molecule has 1 fully saturated rings. The van der Waals surface area contributed by atoms with E-state index in [4.69, 9.17) is 4.74 Å². The van der Waals surface area contributed by atoms with Crippen LogP contribution in [-0.2, 0) is 9.53 Å². The molecular formula is C13H20O2. The third-order valence-electron chi connectivity index (χ3n) is 4.03. The second-order valence-electron chi connectivity index (χ2n) is 5.72. The minimum Gasteiger partial charge on any atom is -0.461 e. The van der Waals surface area contributed by atoms with E-state index < -0.39 is 0 Å². The molecule has 0 bridgehead atoms. The lowest BCUT2D eigenvalue weighted by Crippen LogP contribution is -2.39. The molecule has 0 saturated heterocycles. The summed E-state index contributed by atoms with van der Waals surface area (Å²) in [7, 11) is 0. The van der Waals surface area contributed by atoms with Crippen molar-refractivity contribution in [3.63, 3.8) is 0 Å². The SMILES string of the molecule is CC(=O)OC1C(C)(C)CCC12CC=CC2. The summed E-state index contributed by atoms with van der Waals surface area (Å²) in [5.41, 5.74) is 0.354. The highest BCUT2D eigenvalue weighted by molar-refractivity contribution is 5.66. The van der Waals surface area contributed by atoms with Gasteiger partial charge >= 0.3 is 5.97 Å². The first-order valence-corrected chi connectivity index (χ1v) is 5.79. The smallest absolute Gasteiger partial charge is 0.302 e. The maximum absolute atomic E-state index is 11.2. The van der Waals surface area contributed by atoms with Gasteiger partial charge in [-0.1, -0.05) is 26.0 Å². The largest absolute Gasteiger partial charge is 0.461 e. The molecule has 1 unspecified atom stereocenters. The van der Waals surface area contributed by atoms with Crippen LogP contribution in [0.25, 0.3) is 0 Å². The Hall–Kier alpha value is -0.790.